The van der Waals surface area contributed by atoms with Crippen LogP contribution in [0.2, 0.25) is 0 Å². The van der Waals surface area contributed by atoms with Crippen molar-refractivity contribution in [2.45, 2.75) is 45.2 Å². The molecule has 162 valence electrons. The van der Waals surface area contributed by atoms with Gasteiger partial charge in [-0.25, -0.2) is 0 Å². The van der Waals surface area contributed by atoms with Crippen LogP contribution in [0.3, 0.4) is 0 Å². The van der Waals surface area contributed by atoms with Crippen LogP contribution in [0.1, 0.15) is 43.4 Å². The average molecular weight is 402 g/mol. The van der Waals surface area contributed by atoms with Gasteiger partial charge >= 0.3 is 0 Å². The second kappa shape index (κ2) is 11.5. The molecule has 6 heteroatoms. The summed E-state index contributed by atoms with van der Waals surface area (Å²) >= 11 is 0. The summed E-state index contributed by atoms with van der Waals surface area (Å²) in [6.07, 6.45) is 3.61. The summed E-state index contributed by atoms with van der Waals surface area (Å²) < 4.78 is 5.58. The molecule has 3 rings (SSSR count). The molecule has 0 bridgehead atoms. The minimum absolute atomic E-state index is 0.323. The van der Waals surface area contributed by atoms with E-state index in [1.165, 1.54) is 50.0 Å². The molecule has 0 aromatic heterocycles. The van der Waals surface area contributed by atoms with Crippen molar-refractivity contribution in [3.63, 3.8) is 0 Å². The Labute approximate surface area is 176 Å². The van der Waals surface area contributed by atoms with Crippen molar-refractivity contribution in [2.75, 3.05) is 59.5 Å². The molecule has 0 radical (unpaired) electrons. The number of nitrogens with zero attached hydrogens (tertiary/aromatic N) is 3. The number of hydrogen-bond donors (Lipinski definition) is 2. The minimum Gasteiger partial charge on any atom is -0.379 e. The zero-order valence-corrected chi connectivity index (χ0v) is 18.5. The number of rotatable bonds is 7. The highest BCUT2D eigenvalue weighted by molar-refractivity contribution is 5.80. The Balaban J connectivity index is 1.57. The largest absolute Gasteiger partial charge is 0.379 e. The highest BCUT2D eigenvalue weighted by atomic mass is 16.5. The van der Waals surface area contributed by atoms with Crippen molar-refractivity contribution in [3.05, 3.63) is 35.4 Å². The topological polar surface area (TPSA) is 52.1 Å². The molecule has 2 heterocycles. The van der Waals surface area contributed by atoms with Crippen LogP contribution in [0.25, 0.3) is 0 Å². The van der Waals surface area contributed by atoms with Gasteiger partial charge in [-0.15, -0.1) is 0 Å². The van der Waals surface area contributed by atoms with Crippen molar-refractivity contribution in [2.24, 2.45) is 4.99 Å². The van der Waals surface area contributed by atoms with E-state index in [9.17, 15) is 0 Å². The number of likely N-dealkylation sites (tertiary alicyclic amines) is 1. The molecule has 0 aliphatic carbocycles. The highest BCUT2D eigenvalue weighted by Crippen LogP contribution is 2.22. The maximum absolute atomic E-state index is 5.58. The van der Waals surface area contributed by atoms with Gasteiger partial charge in [0.15, 0.2) is 5.96 Å². The van der Waals surface area contributed by atoms with E-state index in [0.717, 1.165) is 38.8 Å². The fourth-order valence-electron chi connectivity index (χ4n) is 4.42. The molecular formula is C23H39N5O. The van der Waals surface area contributed by atoms with E-state index >= 15 is 0 Å². The summed E-state index contributed by atoms with van der Waals surface area (Å²) in [4.78, 5) is 9.60. The first kappa shape index (κ1) is 22.1. The molecule has 2 aliphatic rings. The number of aryl methyl sites for hydroxylation is 1. The van der Waals surface area contributed by atoms with Gasteiger partial charge in [0.05, 0.1) is 19.3 Å². The van der Waals surface area contributed by atoms with Gasteiger partial charge in [-0.05, 0) is 38.3 Å². The van der Waals surface area contributed by atoms with Crippen molar-refractivity contribution >= 4 is 5.96 Å². The van der Waals surface area contributed by atoms with E-state index in [-0.39, 0.29) is 0 Å². The second-order valence-electron chi connectivity index (χ2n) is 8.29. The molecule has 2 saturated heterocycles. The van der Waals surface area contributed by atoms with Crippen LogP contribution >= 0.6 is 0 Å². The van der Waals surface area contributed by atoms with E-state index < -0.39 is 0 Å². The number of hydrogen-bond acceptors (Lipinski definition) is 4. The van der Waals surface area contributed by atoms with Gasteiger partial charge in [0, 0.05) is 45.8 Å². The summed E-state index contributed by atoms with van der Waals surface area (Å²) in [6.45, 7) is 12.4. The summed E-state index contributed by atoms with van der Waals surface area (Å²) in [5.74, 6) is 0.921. The van der Waals surface area contributed by atoms with Crippen LogP contribution < -0.4 is 10.6 Å². The molecule has 1 aromatic rings. The lowest BCUT2D eigenvalue weighted by molar-refractivity contribution is 0.0169. The first-order valence-corrected chi connectivity index (χ1v) is 11.3. The SMILES string of the molecule is CCCN1CCC(NC(=NC)NCC(c2cccc(C)c2)N2CCOCC2)CC1. The predicted molar refractivity (Wildman–Crippen MR) is 121 cm³/mol. The van der Waals surface area contributed by atoms with Crippen LogP contribution in [0.4, 0.5) is 0 Å². The molecule has 1 aromatic carbocycles. The zero-order chi connectivity index (χ0) is 20.5. The van der Waals surface area contributed by atoms with E-state index in [2.05, 4.69) is 63.5 Å². The minimum atomic E-state index is 0.323. The number of nitrogens with one attached hydrogen (secondary N) is 2. The normalized spacial score (nSPS) is 21.1. The van der Waals surface area contributed by atoms with Gasteiger partial charge < -0.3 is 20.3 Å². The standard InChI is InChI=1S/C23H39N5O/c1-4-10-27-11-8-21(9-12-27)26-23(24-3)25-18-22(28-13-15-29-16-14-28)20-7-5-6-19(2)17-20/h5-7,17,21-22H,4,8-16,18H2,1-3H3,(H2,24,25,26). The van der Waals surface area contributed by atoms with Crippen molar-refractivity contribution < 1.29 is 4.74 Å². The molecule has 2 fully saturated rings. The Kier molecular flexibility index (Phi) is 8.77. The van der Waals surface area contributed by atoms with E-state index in [4.69, 9.17) is 4.74 Å². The fraction of sp³-hybridized carbons (Fsp3) is 0.696. The van der Waals surface area contributed by atoms with Gasteiger partial charge in [-0.1, -0.05) is 36.8 Å². The maximum atomic E-state index is 5.58. The quantitative estimate of drug-likeness (QED) is 0.543. The fourth-order valence-corrected chi connectivity index (χ4v) is 4.42. The second-order valence-corrected chi connectivity index (χ2v) is 8.29. The maximum Gasteiger partial charge on any atom is 0.191 e. The first-order valence-electron chi connectivity index (χ1n) is 11.3. The van der Waals surface area contributed by atoms with E-state index in [1.54, 1.807) is 0 Å². The summed E-state index contributed by atoms with van der Waals surface area (Å²) in [5.41, 5.74) is 2.67. The Morgan fingerprint density at radius 2 is 1.97 bits per heavy atom. The summed E-state index contributed by atoms with van der Waals surface area (Å²) in [6, 6.07) is 9.71. The van der Waals surface area contributed by atoms with Gasteiger partial charge in [-0.2, -0.15) is 0 Å². The number of morpholine rings is 1. The molecule has 1 unspecified atom stereocenters. The molecule has 29 heavy (non-hydrogen) atoms. The molecule has 0 spiro atoms. The molecule has 0 amide bonds. The van der Waals surface area contributed by atoms with Gasteiger partial charge in [-0.3, -0.25) is 9.89 Å². The van der Waals surface area contributed by atoms with Crippen molar-refractivity contribution in [1.29, 1.82) is 0 Å². The monoisotopic (exact) mass is 401 g/mol. The lowest BCUT2D eigenvalue weighted by Crippen LogP contribution is -2.51. The van der Waals surface area contributed by atoms with E-state index in [1.807, 2.05) is 7.05 Å². The smallest absolute Gasteiger partial charge is 0.191 e. The van der Waals surface area contributed by atoms with Crippen molar-refractivity contribution in [3.8, 4) is 0 Å². The first-order chi connectivity index (χ1) is 14.2. The van der Waals surface area contributed by atoms with Gasteiger partial charge in [0.2, 0.25) is 0 Å². The molecular weight excluding hydrogens is 362 g/mol. The third kappa shape index (κ3) is 6.69. The predicted octanol–water partition coefficient (Wildman–Crippen LogP) is 2.41. The Hall–Kier alpha value is -1.63. The van der Waals surface area contributed by atoms with Crippen LogP contribution in [0, 0.1) is 6.92 Å². The Morgan fingerprint density at radius 3 is 2.62 bits per heavy atom. The van der Waals surface area contributed by atoms with Crippen LogP contribution in [0.15, 0.2) is 29.3 Å². The summed E-state index contributed by atoms with van der Waals surface area (Å²) in [5, 5.41) is 7.27. The lowest BCUT2D eigenvalue weighted by atomic mass is 10.0. The number of aliphatic imine (C=N–C) groups is 1. The third-order valence-electron chi connectivity index (χ3n) is 6.07. The lowest BCUT2D eigenvalue weighted by Gasteiger charge is -2.36. The van der Waals surface area contributed by atoms with Crippen LogP contribution in [0.5, 0.6) is 0 Å². The molecule has 0 saturated carbocycles. The number of piperidine rings is 1. The van der Waals surface area contributed by atoms with Gasteiger partial charge in [0.25, 0.3) is 0 Å². The Morgan fingerprint density at radius 1 is 1.21 bits per heavy atom. The van der Waals surface area contributed by atoms with E-state index in [0.29, 0.717) is 12.1 Å². The molecule has 2 N–H and O–H groups in total. The molecule has 2 aliphatic heterocycles. The highest BCUT2D eigenvalue weighted by Gasteiger charge is 2.24. The third-order valence-corrected chi connectivity index (χ3v) is 6.07. The van der Waals surface area contributed by atoms with Crippen LogP contribution in [-0.4, -0.2) is 81.3 Å². The Bertz CT molecular complexity index is 636. The number of guanidine groups is 1. The molecule has 6 nitrogen and oxygen atoms in total. The van der Waals surface area contributed by atoms with Gasteiger partial charge in [0.1, 0.15) is 0 Å². The average Bonchev–Trinajstić information content (AvgIpc) is 2.75. The van der Waals surface area contributed by atoms with Crippen LogP contribution in [-0.2, 0) is 4.74 Å². The van der Waals surface area contributed by atoms with Crippen molar-refractivity contribution in [1.82, 2.24) is 20.4 Å². The number of ether oxygens (including phenoxy) is 1. The molecule has 1 atom stereocenters. The number of benzene rings is 1. The zero-order valence-electron chi connectivity index (χ0n) is 18.5. The summed E-state index contributed by atoms with van der Waals surface area (Å²) in [7, 11) is 1.87.